The quantitative estimate of drug-likeness (QED) is 0.467. The van der Waals surface area contributed by atoms with E-state index in [1.165, 1.54) is 30.4 Å². The average Bonchev–Trinajstić information content (AvgIpc) is 2.92. The van der Waals surface area contributed by atoms with E-state index in [1.807, 2.05) is 30.3 Å². The fraction of sp³-hybridized carbons (Fsp3) is 0.467. The van der Waals surface area contributed by atoms with Crippen LogP contribution in [0.25, 0.3) is 11.4 Å². The van der Waals surface area contributed by atoms with Crippen LogP contribution in [0.4, 0.5) is 5.82 Å². The molecule has 0 aliphatic carbocycles. The Kier molecular flexibility index (Phi) is 8.72. The molecular formula is C30H38ClN5O. The van der Waals surface area contributed by atoms with Gasteiger partial charge in [0.05, 0.1) is 6.10 Å². The average molecular weight is 520 g/mol. The van der Waals surface area contributed by atoms with Gasteiger partial charge in [0.2, 0.25) is 0 Å². The maximum Gasteiger partial charge on any atom is 0.161 e. The molecule has 0 radical (unpaired) electrons. The molecule has 0 spiro atoms. The largest absolute Gasteiger partial charge is 0.390 e. The van der Waals surface area contributed by atoms with Gasteiger partial charge >= 0.3 is 0 Å². The molecule has 0 amide bonds. The third-order valence-corrected chi connectivity index (χ3v) is 7.83. The van der Waals surface area contributed by atoms with E-state index in [0.29, 0.717) is 0 Å². The third kappa shape index (κ3) is 6.88. The summed E-state index contributed by atoms with van der Waals surface area (Å²) >= 11 is 6.13. The Labute approximate surface area is 225 Å². The van der Waals surface area contributed by atoms with Crippen LogP contribution in [0.5, 0.6) is 0 Å². The molecule has 7 heteroatoms. The van der Waals surface area contributed by atoms with Gasteiger partial charge in [-0.2, -0.15) is 0 Å². The number of piperidine rings is 1. The second-order valence-electron chi connectivity index (χ2n) is 10.4. The summed E-state index contributed by atoms with van der Waals surface area (Å²) in [6.45, 7) is 9.47. The highest BCUT2D eigenvalue weighted by molar-refractivity contribution is 6.30. The standard InChI is InChI=1S/C30H38ClN5O/c1-23-28(20-24-10-12-26(31)13-11-24)30(33-29(32-23)25-8-4-2-5-9-25)36-18-16-35(17-19-36)22-27(37)21-34-14-6-3-7-15-34/h2,4-5,8-13,27,37H,3,6-7,14-22H2,1H3. The van der Waals surface area contributed by atoms with E-state index in [1.54, 1.807) is 0 Å². The molecule has 0 saturated carbocycles. The molecule has 2 aliphatic heterocycles. The molecule has 5 rings (SSSR count). The normalized spacial score (nSPS) is 18.2. The summed E-state index contributed by atoms with van der Waals surface area (Å²) in [5.74, 6) is 1.79. The van der Waals surface area contributed by atoms with Crippen molar-refractivity contribution in [3.63, 3.8) is 0 Å². The number of likely N-dealkylation sites (tertiary alicyclic amines) is 1. The smallest absolute Gasteiger partial charge is 0.161 e. The molecule has 3 aromatic rings. The van der Waals surface area contributed by atoms with Crippen molar-refractivity contribution in [2.45, 2.75) is 38.7 Å². The molecule has 2 fully saturated rings. The van der Waals surface area contributed by atoms with Crippen LogP contribution in [0.15, 0.2) is 54.6 Å². The highest BCUT2D eigenvalue weighted by Gasteiger charge is 2.25. The number of aliphatic hydroxyl groups excluding tert-OH is 1. The lowest BCUT2D eigenvalue weighted by molar-refractivity contribution is 0.0651. The molecule has 1 unspecified atom stereocenters. The zero-order chi connectivity index (χ0) is 25.6. The van der Waals surface area contributed by atoms with Crippen LogP contribution in [0, 0.1) is 6.92 Å². The Hall–Kier alpha value is -2.51. The van der Waals surface area contributed by atoms with Crippen LogP contribution < -0.4 is 4.90 Å². The highest BCUT2D eigenvalue weighted by atomic mass is 35.5. The predicted molar refractivity (Wildman–Crippen MR) is 151 cm³/mol. The number of halogens is 1. The zero-order valence-electron chi connectivity index (χ0n) is 21.8. The fourth-order valence-electron chi connectivity index (χ4n) is 5.51. The van der Waals surface area contributed by atoms with Crippen LogP contribution in [-0.2, 0) is 6.42 Å². The van der Waals surface area contributed by atoms with Crippen molar-refractivity contribution in [3.05, 3.63) is 76.4 Å². The van der Waals surface area contributed by atoms with Crippen molar-refractivity contribution < 1.29 is 5.11 Å². The number of hydrogen-bond acceptors (Lipinski definition) is 6. The lowest BCUT2D eigenvalue weighted by atomic mass is 10.0. The second-order valence-corrected chi connectivity index (χ2v) is 10.8. The molecule has 0 bridgehead atoms. The third-order valence-electron chi connectivity index (χ3n) is 7.58. The summed E-state index contributed by atoms with van der Waals surface area (Å²) in [6.07, 6.45) is 4.31. The van der Waals surface area contributed by atoms with Crippen LogP contribution in [0.2, 0.25) is 5.02 Å². The minimum absolute atomic E-state index is 0.295. The lowest BCUT2D eigenvalue weighted by Gasteiger charge is -2.38. The zero-order valence-corrected chi connectivity index (χ0v) is 22.6. The maximum atomic E-state index is 10.7. The van der Waals surface area contributed by atoms with Crippen molar-refractivity contribution in [2.24, 2.45) is 0 Å². The maximum absolute atomic E-state index is 10.7. The van der Waals surface area contributed by atoms with E-state index in [-0.39, 0.29) is 6.10 Å². The first-order chi connectivity index (χ1) is 18.0. The molecule has 196 valence electrons. The number of aryl methyl sites for hydroxylation is 1. The summed E-state index contributed by atoms with van der Waals surface area (Å²) in [6, 6.07) is 18.3. The number of aliphatic hydroxyl groups is 1. The number of rotatable bonds is 8. The topological polar surface area (TPSA) is 55.7 Å². The lowest BCUT2D eigenvalue weighted by Crippen LogP contribution is -2.50. The fourth-order valence-corrected chi connectivity index (χ4v) is 5.64. The van der Waals surface area contributed by atoms with Crippen molar-refractivity contribution in [2.75, 3.05) is 57.3 Å². The number of hydrogen-bond donors (Lipinski definition) is 1. The van der Waals surface area contributed by atoms with Gasteiger partial charge in [0.1, 0.15) is 5.82 Å². The van der Waals surface area contributed by atoms with Gasteiger partial charge in [-0.3, -0.25) is 4.90 Å². The number of nitrogens with zero attached hydrogens (tertiary/aromatic N) is 5. The summed E-state index contributed by atoms with van der Waals surface area (Å²) in [5.41, 5.74) is 4.41. The molecule has 2 saturated heterocycles. The Bertz CT molecular complexity index is 1140. The summed E-state index contributed by atoms with van der Waals surface area (Å²) in [7, 11) is 0. The molecule has 3 heterocycles. The molecule has 6 nitrogen and oxygen atoms in total. The molecule has 37 heavy (non-hydrogen) atoms. The SMILES string of the molecule is Cc1nc(-c2ccccc2)nc(N2CCN(CC(O)CN3CCCCC3)CC2)c1Cc1ccc(Cl)cc1. The van der Waals surface area contributed by atoms with E-state index in [9.17, 15) is 5.11 Å². The Balaban J connectivity index is 1.31. The second kappa shape index (κ2) is 12.4. The van der Waals surface area contributed by atoms with E-state index in [0.717, 1.165) is 86.7 Å². The van der Waals surface area contributed by atoms with Gasteiger partial charge in [-0.1, -0.05) is 60.5 Å². The number of aromatic nitrogens is 2. The van der Waals surface area contributed by atoms with Gasteiger partial charge in [-0.05, 0) is 50.6 Å². The van der Waals surface area contributed by atoms with Gasteiger partial charge in [0.25, 0.3) is 0 Å². The molecule has 2 aromatic carbocycles. The number of anilines is 1. The molecule has 1 atom stereocenters. The highest BCUT2D eigenvalue weighted by Crippen LogP contribution is 2.28. The Morgan fingerprint density at radius 3 is 2.14 bits per heavy atom. The summed E-state index contributed by atoms with van der Waals surface area (Å²) in [5, 5.41) is 11.5. The Morgan fingerprint density at radius 1 is 0.811 bits per heavy atom. The summed E-state index contributed by atoms with van der Waals surface area (Å²) in [4.78, 5) is 17.2. The number of β-amino-alcohol motifs (C(OH)–C–C–N with tert-alkyl or cyclic N) is 1. The van der Waals surface area contributed by atoms with Gasteiger partial charge < -0.3 is 14.9 Å². The van der Waals surface area contributed by atoms with Crippen molar-refractivity contribution >= 4 is 17.4 Å². The van der Waals surface area contributed by atoms with E-state index in [2.05, 4.69) is 45.9 Å². The van der Waals surface area contributed by atoms with E-state index in [4.69, 9.17) is 21.6 Å². The minimum atomic E-state index is -0.295. The van der Waals surface area contributed by atoms with Crippen molar-refractivity contribution in [1.29, 1.82) is 0 Å². The predicted octanol–water partition coefficient (Wildman–Crippen LogP) is 4.67. The van der Waals surface area contributed by atoms with E-state index < -0.39 is 0 Å². The summed E-state index contributed by atoms with van der Waals surface area (Å²) < 4.78 is 0. The Morgan fingerprint density at radius 2 is 1.46 bits per heavy atom. The minimum Gasteiger partial charge on any atom is -0.390 e. The van der Waals surface area contributed by atoms with Gasteiger partial charge in [-0.25, -0.2) is 9.97 Å². The molecule has 1 N–H and O–H groups in total. The van der Waals surface area contributed by atoms with E-state index >= 15 is 0 Å². The first kappa shape index (κ1) is 26.1. The van der Waals surface area contributed by atoms with Crippen LogP contribution >= 0.6 is 11.6 Å². The monoisotopic (exact) mass is 519 g/mol. The van der Waals surface area contributed by atoms with Crippen LogP contribution in [0.3, 0.4) is 0 Å². The van der Waals surface area contributed by atoms with Gasteiger partial charge in [0.15, 0.2) is 5.82 Å². The van der Waals surface area contributed by atoms with Gasteiger partial charge in [-0.15, -0.1) is 0 Å². The number of piperazine rings is 1. The molecule has 1 aromatic heterocycles. The van der Waals surface area contributed by atoms with Crippen molar-refractivity contribution in [3.8, 4) is 11.4 Å². The van der Waals surface area contributed by atoms with Crippen LogP contribution in [-0.4, -0.2) is 83.3 Å². The van der Waals surface area contributed by atoms with Crippen molar-refractivity contribution in [1.82, 2.24) is 19.8 Å². The molecular weight excluding hydrogens is 482 g/mol. The van der Waals surface area contributed by atoms with Gasteiger partial charge in [0, 0.05) is 67.5 Å². The number of benzene rings is 2. The molecule has 2 aliphatic rings. The first-order valence-corrected chi connectivity index (χ1v) is 14.0. The van der Waals surface area contributed by atoms with Crippen LogP contribution in [0.1, 0.15) is 36.1 Å². The first-order valence-electron chi connectivity index (χ1n) is 13.6.